The van der Waals surface area contributed by atoms with Gasteiger partial charge in [-0.1, -0.05) is 35.9 Å². The number of aliphatic imine (C=N–C) groups is 1. The molecule has 3 nitrogen and oxygen atoms in total. The van der Waals surface area contributed by atoms with Gasteiger partial charge < -0.3 is 5.11 Å². The Kier molecular flexibility index (Phi) is 3.93. The third-order valence-electron chi connectivity index (χ3n) is 3.53. The summed E-state index contributed by atoms with van der Waals surface area (Å²) in [5, 5.41) is 10.1. The molecule has 24 heavy (non-hydrogen) atoms. The number of ketones is 1. The maximum Gasteiger partial charge on any atom is 0.416 e. The van der Waals surface area contributed by atoms with E-state index in [4.69, 9.17) is 11.6 Å². The number of carbonyl (C=O) groups excluding carboxylic acids is 1. The number of rotatable bonds is 2. The van der Waals surface area contributed by atoms with Crippen LogP contribution in [0.25, 0.3) is 5.76 Å². The van der Waals surface area contributed by atoms with Gasteiger partial charge in [-0.25, -0.2) is 0 Å². The average molecular weight is 352 g/mol. The fourth-order valence-electron chi connectivity index (χ4n) is 2.33. The summed E-state index contributed by atoms with van der Waals surface area (Å²) in [6.07, 6.45) is -3.51. The van der Waals surface area contributed by atoms with E-state index >= 15 is 0 Å². The van der Waals surface area contributed by atoms with Crippen LogP contribution in [0.15, 0.2) is 53.0 Å². The number of nitrogens with zero attached hydrogens (tertiary/aromatic N) is 1. The van der Waals surface area contributed by atoms with Crippen LogP contribution < -0.4 is 0 Å². The largest absolute Gasteiger partial charge is 0.506 e. The lowest BCUT2D eigenvalue weighted by Gasteiger charge is -2.07. The van der Waals surface area contributed by atoms with Crippen molar-refractivity contribution >= 4 is 35.0 Å². The zero-order chi connectivity index (χ0) is 17.5. The van der Waals surface area contributed by atoms with Crippen LogP contribution >= 0.6 is 11.6 Å². The van der Waals surface area contributed by atoms with E-state index in [1.165, 1.54) is 0 Å². The molecule has 0 aliphatic heterocycles. The lowest BCUT2D eigenvalue weighted by atomic mass is 10.1. The molecule has 1 aliphatic rings. The molecule has 122 valence electrons. The lowest BCUT2D eigenvalue weighted by Crippen LogP contribution is -2.04. The number of carbonyl (C=O) groups is 1. The van der Waals surface area contributed by atoms with Crippen molar-refractivity contribution < 1.29 is 23.1 Å². The number of hydrogen-bond donors (Lipinski definition) is 1. The number of aliphatic hydroxyl groups is 1. The number of benzene rings is 2. The smallest absolute Gasteiger partial charge is 0.416 e. The zero-order valence-electron chi connectivity index (χ0n) is 11.9. The summed E-state index contributed by atoms with van der Waals surface area (Å²) in [6.45, 7) is 0. The maximum absolute atomic E-state index is 12.7. The molecule has 0 spiro atoms. The SMILES string of the molecule is O=C1C(C=Nc2cc(C(F)(F)F)ccc2Cl)=C(O)c2ccccc21. The molecule has 0 saturated heterocycles. The van der Waals surface area contributed by atoms with Crippen molar-refractivity contribution in [2.24, 2.45) is 4.99 Å². The van der Waals surface area contributed by atoms with Crippen molar-refractivity contribution in [2.45, 2.75) is 6.18 Å². The van der Waals surface area contributed by atoms with Gasteiger partial charge in [-0.05, 0) is 18.2 Å². The molecule has 2 aromatic carbocycles. The van der Waals surface area contributed by atoms with Gasteiger partial charge in [0.1, 0.15) is 5.76 Å². The molecule has 0 saturated carbocycles. The van der Waals surface area contributed by atoms with Crippen LogP contribution in [0, 0.1) is 0 Å². The summed E-state index contributed by atoms with van der Waals surface area (Å²) < 4.78 is 38.2. The van der Waals surface area contributed by atoms with Crippen molar-refractivity contribution in [3.05, 3.63) is 69.8 Å². The highest BCUT2D eigenvalue weighted by Gasteiger charge is 2.31. The molecule has 0 bridgehead atoms. The lowest BCUT2D eigenvalue weighted by molar-refractivity contribution is -0.137. The van der Waals surface area contributed by atoms with Crippen molar-refractivity contribution in [1.82, 2.24) is 0 Å². The summed E-state index contributed by atoms with van der Waals surface area (Å²) in [4.78, 5) is 16.1. The Morgan fingerprint density at radius 1 is 1.08 bits per heavy atom. The van der Waals surface area contributed by atoms with Crippen LogP contribution in [0.5, 0.6) is 0 Å². The van der Waals surface area contributed by atoms with Gasteiger partial charge in [0.15, 0.2) is 5.78 Å². The number of aliphatic hydroxyl groups excluding tert-OH is 1. The van der Waals surface area contributed by atoms with Crippen LogP contribution in [0.4, 0.5) is 18.9 Å². The van der Waals surface area contributed by atoms with Crippen LogP contribution in [-0.2, 0) is 6.18 Å². The minimum atomic E-state index is -4.53. The molecule has 1 aliphatic carbocycles. The zero-order valence-corrected chi connectivity index (χ0v) is 12.7. The summed E-state index contributed by atoms with van der Waals surface area (Å²) in [7, 11) is 0. The monoisotopic (exact) mass is 351 g/mol. The molecular weight excluding hydrogens is 343 g/mol. The molecule has 0 unspecified atom stereocenters. The molecule has 0 fully saturated rings. The van der Waals surface area contributed by atoms with Crippen LogP contribution in [-0.4, -0.2) is 17.1 Å². The normalized spacial score (nSPS) is 14.6. The standard InChI is InChI=1S/C17H9ClF3NO2/c18-13-6-5-9(17(19,20)21)7-14(13)22-8-12-15(23)10-3-1-2-4-11(10)16(12)24/h1-8,23H. The van der Waals surface area contributed by atoms with Gasteiger partial charge in [0, 0.05) is 17.3 Å². The predicted molar refractivity (Wildman–Crippen MR) is 84.9 cm³/mol. The van der Waals surface area contributed by atoms with E-state index in [2.05, 4.69) is 4.99 Å². The van der Waals surface area contributed by atoms with Crippen molar-refractivity contribution in [1.29, 1.82) is 0 Å². The molecular formula is C17H9ClF3NO2. The quantitative estimate of drug-likeness (QED) is 0.753. The van der Waals surface area contributed by atoms with Crippen molar-refractivity contribution in [3.8, 4) is 0 Å². The Hall–Kier alpha value is -2.60. The predicted octanol–water partition coefficient (Wildman–Crippen LogP) is 5.23. The minimum Gasteiger partial charge on any atom is -0.506 e. The summed E-state index contributed by atoms with van der Waals surface area (Å²) >= 11 is 5.85. The number of Topliss-reactive ketones (excluding diaryl/α,β-unsaturated/α-hetero) is 1. The van der Waals surface area contributed by atoms with Crippen molar-refractivity contribution in [2.75, 3.05) is 0 Å². The number of halogens is 4. The first kappa shape index (κ1) is 16.3. The highest BCUT2D eigenvalue weighted by Crippen LogP contribution is 2.35. The number of allylic oxidation sites excluding steroid dienone is 1. The molecule has 1 N–H and O–H groups in total. The van der Waals surface area contributed by atoms with Crippen LogP contribution in [0.2, 0.25) is 5.02 Å². The van der Waals surface area contributed by atoms with E-state index in [-0.39, 0.29) is 22.0 Å². The van der Waals surface area contributed by atoms with Crippen molar-refractivity contribution in [3.63, 3.8) is 0 Å². The Morgan fingerprint density at radius 3 is 2.38 bits per heavy atom. The van der Waals surface area contributed by atoms with E-state index in [1.807, 2.05) is 0 Å². The fraction of sp³-hybridized carbons (Fsp3) is 0.0588. The Labute approximate surface area is 139 Å². The fourth-order valence-corrected chi connectivity index (χ4v) is 2.49. The van der Waals surface area contributed by atoms with E-state index in [1.54, 1.807) is 24.3 Å². The Morgan fingerprint density at radius 2 is 1.75 bits per heavy atom. The first-order valence-corrected chi connectivity index (χ1v) is 7.15. The van der Waals surface area contributed by atoms with Crippen LogP contribution in [0.3, 0.4) is 0 Å². The van der Waals surface area contributed by atoms with Gasteiger partial charge in [0.2, 0.25) is 0 Å². The molecule has 7 heteroatoms. The Bertz CT molecular complexity index is 901. The van der Waals surface area contributed by atoms with Crippen LogP contribution in [0.1, 0.15) is 21.5 Å². The highest BCUT2D eigenvalue weighted by molar-refractivity contribution is 6.33. The van der Waals surface area contributed by atoms with Gasteiger partial charge in [0.05, 0.1) is 21.8 Å². The topological polar surface area (TPSA) is 49.7 Å². The Balaban J connectivity index is 1.98. The molecule has 0 amide bonds. The average Bonchev–Trinajstić information content (AvgIpc) is 2.78. The van der Waals surface area contributed by atoms with E-state index in [0.29, 0.717) is 11.1 Å². The summed E-state index contributed by atoms with van der Waals surface area (Å²) in [5.74, 6) is -0.711. The first-order chi connectivity index (χ1) is 11.3. The van der Waals surface area contributed by atoms with Gasteiger partial charge in [-0.15, -0.1) is 0 Å². The highest BCUT2D eigenvalue weighted by atomic mass is 35.5. The molecule has 2 aromatic rings. The molecule has 0 radical (unpaired) electrons. The van der Waals surface area contributed by atoms with E-state index < -0.39 is 17.5 Å². The third kappa shape index (κ3) is 2.80. The molecule has 0 atom stereocenters. The molecule has 0 aromatic heterocycles. The van der Waals surface area contributed by atoms with Gasteiger partial charge in [-0.2, -0.15) is 13.2 Å². The van der Waals surface area contributed by atoms with Gasteiger partial charge in [-0.3, -0.25) is 9.79 Å². The van der Waals surface area contributed by atoms with Gasteiger partial charge in [0.25, 0.3) is 0 Å². The molecule has 0 heterocycles. The molecule has 3 rings (SSSR count). The second kappa shape index (κ2) is 5.79. The summed E-state index contributed by atoms with van der Waals surface area (Å²) in [5.41, 5.74) is -0.468. The number of fused-ring (bicyclic) bond motifs is 1. The number of hydrogen-bond acceptors (Lipinski definition) is 3. The first-order valence-electron chi connectivity index (χ1n) is 6.77. The maximum atomic E-state index is 12.7. The van der Waals surface area contributed by atoms with E-state index in [9.17, 15) is 23.1 Å². The second-order valence-corrected chi connectivity index (χ2v) is 5.47. The number of alkyl halides is 3. The minimum absolute atomic E-state index is 0.00213. The summed E-state index contributed by atoms with van der Waals surface area (Å²) in [6, 6.07) is 9.13. The second-order valence-electron chi connectivity index (χ2n) is 5.06. The third-order valence-corrected chi connectivity index (χ3v) is 3.85. The van der Waals surface area contributed by atoms with E-state index in [0.717, 1.165) is 24.4 Å². The van der Waals surface area contributed by atoms with Gasteiger partial charge >= 0.3 is 6.18 Å².